The number of hydrogen-bond acceptors (Lipinski definition) is 2. The smallest absolute Gasteiger partial charge is 0.242 e. The normalized spacial score (nSPS) is 12.8. The molecule has 0 saturated heterocycles. The molecule has 0 aliphatic heterocycles. The van der Waals surface area contributed by atoms with Gasteiger partial charge < -0.3 is 10.6 Å². The van der Waals surface area contributed by atoms with Crippen molar-refractivity contribution in [1.29, 1.82) is 0 Å². The van der Waals surface area contributed by atoms with Crippen molar-refractivity contribution >= 4 is 11.8 Å². The molecule has 0 radical (unpaired) electrons. The molecule has 0 aromatic rings. The van der Waals surface area contributed by atoms with Gasteiger partial charge >= 0.3 is 0 Å². The fraction of sp³-hybridized carbons (Fsp3) is 0.667. The summed E-state index contributed by atoms with van der Waals surface area (Å²) >= 11 is 0. The summed E-state index contributed by atoms with van der Waals surface area (Å²) in [7, 11) is 0. The van der Waals surface area contributed by atoms with Gasteiger partial charge in [-0.05, 0) is 13.3 Å². The van der Waals surface area contributed by atoms with Crippen molar-refractivity contribution in [1.82, 2.24) is 10.6 Å². The van der Waals surface area contributed by atoms with E-state index in [-0.39, 0.29) is 11.8 Å². The lowest BCUT2D eigenvalue weighted by atomic mass is 9.95. The Morgan fingerprint density at radius 2 is 1.94 bits per heavy atom. The van der Waals surface area contributed by atoms with Crippen LogP contribution in [0.1, 0.15) is 34.1 Å². The van der Waals surface area contributed by atoms with Crippen LogP contribution in [0.3, 0.4) is 0 Å². The van der Waals surface area contributed by atoms with E-state index in [1.54, 1.807) is 13.0 Å². The molecule has 92 valence electrons. The van der Waals surface area contributed by atoms with Crippen LogP contribution in [-0.4, -0.2) is 24.4 Å². The summed E-state index contributed by atoms with van der Waals surface area (Å²) in [5.74, 6) is -0.293. The lowest BCUT2D eigenvalue weighted by Gasteiger charge is -2.21. The zero-order chi connectivity index (χ0) is 12.8. The first-order valence-electron chi connectivity index (χ1n) is 5.48. The molecular weight excluding hydrogens is 204 g/mol. The Labute approximate surface area is 97.5 Å². The third-order valence-corrected chi connectivity index (χ3v) is 2.07. The molecule has 4 nitrogen and oxygen atoms in total. The Morgan fingerprint density at radius 1 is 1.38 bits per heavy atom. The number of nitrogens with one attached hydrogen (secondary N) is 2. The van der Waals surface area contributed by atoms with E-state index in [0.29, 0.717) is 6.54 Å². The molecular formula is C12H22N2O2. The highest BCUT2D eigenvalue weighted by atomic mass is 16.2. The summed E-state index contributed by atoms with van der Waals surface area (Å²) in [6.45, 7) is 11.2. The standard InChI is InChI=1S/C12H22N2O2/c1-6-7-8-13-10(15)9(2)14-11(16)12(3,4)5/h6,9H,1,7-8H2,2-5H3,(H,13,15)(H,14,16). The van der Waals surface area contributed by atoms with Crippen molar-refractivity contribution in [2.45, 2.75) is 40.2 Å². The number of amides is 2. The van der Waals surface area contributed by atoms with E-state index >= 15 is 0 Å². The Balaban J connectivity index is 4.05. The number of carbonyl (C=O) groups is 2. The van der Waals surface area contributed by atoms with Crippen molar-refractivity contribution in [2.75, 3.05) is 6.54 Å². The van der Waals surface area contributed by atoms with Crippen LogP contribution in [0, 0.1) is 5.41 Å². The lowest BCUT2D eigenvalue weighted by Crippen LogP contribution is -2.48. The minimum absolute atomic E-state index is 0.126. The molecule has 0 spiro atoms. The zero-order valence-corrected chi connectivity index (χ0v) is 10.6. The minimum Gasteiger partial charge on any atom is -0.354 e. The Morgan fingerprint density at radius 3 is 2.38 bits per heavy atom. The predicted molar refractivity (Wildman–Crippen MR) is 64.9 cm³/mol. The first-order chi connectivity index (χ1) is 7.29. The van der Waals surface area contributed by atoms with E-state index in [2.05, 4.69) is 17.2 Å². The summed E-state index contributed by atoms with van der Waals surface area (Å²) in [6.07, 6.45) is 2.46. The van der Waals surface area contributed by atoms with Crippen LogP contribution in [0.4, 0.5) is 0 Å². The van der Waals surface area contributed by atoms with Crippen LogP contribution in [0.15, 0.2) is 12.7 Å². The van der Waals surface area contributed by atoms with Crippen LogP contribution >= 0.6 is 0 Å². The second-order valence-electron chi connectivity index (χ2n) is 4.81. The maximum atomic E-state index is 11.6. The SMILES string of the molecule is C=CCCNC(=O)C(C)NC(=O)C(C)(C)C. The molecule has 0 aromatic carbocycles. The molecule has 1 unspecified atom stereocenters. The molecule has 0 aliphatic rings. The van der Waals surface area contributed by atoms with Gasteiger partial charge in [0.15, 0.2) is 0 Å². The fourth-order valence-corrected chi connectivity index (χ4v) is 0.929. The monoisotopic (exact) mass is 226 g/mol. The minimum atomic E-state index is -0.503. The molecule has 2 amide bonds. The van der Waals surface area contributed by atoms with Crippen molar-refractivity contribution < 1.29 is 9.59 Å². The van der Waals surface area contributed by atoms with Crippen LogP contribution in [0.25, 0.3) is 0 Å². The van der Waals surface area contributed by atoms with Crippen molar-refractivity contribution in [2.24, 2.45) is 5.41 Å². The second-order valence-corrected chi connectivity index (χ2v) is 4.81. The Kier molecular flexibility index (Phi) is 5.78. The maximum absolute atomic E-state index is 11.6. The van der Waals surface area contributed by atoms with Gasteiger partial charge in [-0.3, -0.25) is 9.59 Å². The topological polar surface area (TPSA) is 58.2 Å². The predicted octanol–water partition coefficient (Wildman–Crippen LogP) is 1.23. The third-order valence-electron chi connectivity index (χ3n) is 2.07. The summed E-state index contributed by atoms with van der Waals surface area (Å²) in [5, 5.41) is 5.38. The number of hydrogen-bond donors (Lipinski definition) is 2. The molecule has 2 N–H and O–H groups in total. The van der Waals surface area contributed by atoms with E-state index < -0.39 is 11.5 Å². The van der Waals surface area contributed by atoms with Crippen molar-refractivity contribution in [3.8, 4) is 0 Å². The van der Waals surface area contributed by atoms with Gasteiger partial charge in [-0.15, -0.1) is 6.58 Å². The van der Waals surface area contributed by atoms with Crippen LogP contribution < -0.4 is 10.6 Å². The van der Waals surface area contributed by atoms with Crippen molar-refractivity contribution in [3.63, 3.8) is 0 Å². The average molecular weight is 226 g/mol. The first kappa shape index (κ1) is 14.7. The largest absolute Gasteiger partial charge is 0.354 e. The summed E-state index contributed by atoms with van der Waals surface area (Å²) in [4.78, 5) is 23.1. The Bertz CT molecular complexity index is 267. The van der Waals surface area contributed by atoms with Gasteiger partial charge in [0.05, 0.1) is 0 Å². The first-order valence-corrected chi connectivity index (χ1v) is 5.48. The summed E-state index contributed by atoms with van der Waals surface area (Å²) < 4.78 is 0. The summed E-state index contributed by atoms with van der Waals surface area (Å²) in [5.41, 5.74) is -0.477. The van der Waals surface area contributed by atoms with Crippen LogP contribution in [-0.2, 0) is 9.59 Å². The van der Waals surface area contributed by atoms with Gasteiger partial charge in [0.25, 0.3) is 0 Å². The number of carbonyl (C=O) groups excluding carboxylic acids is 2. The molecule has 1 atom stereocenters. The average Bonchev–Trinajstić information content (AvgIpc) is 2.16. The fourth-order valence-electron chi connectivity index (χ4n) is 0.929. The van der Waals surface area contributed by atoms with E-state index in [1.807, 2.05) is 20.8 Å². The second kappa shape index (κ2) is 6.30. The van der Waals surface area contributed by atoms with Gasteiger partial charge in [0, 0.05) is 12.0 Å². The van der Waals surface area contributed by atoms with Gasteiger partial charge in [0.1, 0.15) is 6.04 Å². The van der Waals surface area contributed by atoms with Gasteiger partial charge in [-0.1, -0.05) is 26.8 Å². The molecule has 4 heteroatoms. The zero-order valence-electron chi connectivity index (χ0n) is 10.6. The highest BCUT2D eigenvalue weighted by Crippen LogP contribution is 2.12. The van der Waals surface area contributed by atoms with Crippen molar-refractivity contribution in [3.05, 3.63) is 12.7 Å². The molecule has 0 fully saturated rings. The highest BCUT2D eigenvalue weighted by Gasteiger charge is 2.24. The van der Waals surface area contributed by atoms with Crippen LogP contribution in [0.2, 0.25) is 0 Å². The molecule has 0 bridgehead atoms. The molecule has 0 saturated carbocycles. The molecule has 0 rings (SSSR count). The van der Waals surface area contributed by atoms with Gasteiger partial charge in [-0.25, -0.2) is 0 Å². The van der Waals surface area contributed by atoms with Gasteiger partial charge in [0.2, 0.25) is 11.8 Å². The third kappa shape index (κ3) is 5.53. The quantitative estimate of drug-likeness (QED) is 0.547. The Hall–Kier alpha value is -1.32. The number of rotatable bonds is 5. The van der Waals surface area contributed by atoms with Crippen LogP contribution in [0.5, 0.6) is 0 Å². The molecule has 0 aromatic heterocycles. The molecule has 16 heavy (non-hydrogen) atoms. The highest BCUT2D eigenvalue weighted by molar-refractivity contribution is 5.89. The van der Waals surface area contributed by atoms with E-state index in [1.165, 1.54) is 0 Å². The molecule has 0 heterocycles. The lowest BCUT2D eigenvalue weighted by molar-refractivity contribution is -0.133. The summed E-state index contributed by atoms with van der Waals surface area (Å²) in [6, 6.07) is -0.503. The molecule has 0 aliphatic carbocycles. The maximum Gasteiger partial charge on any atom is 0.242 e. The van der Waals surface area contributed by atoms with E-state index in [9.17, 15) is 9.59 Å². The van der Waals surface area contributed by atoms with E-state index in [4.69, 9.17) is 0 Å². The van der Waals surface area contributed by atoms with Gasteiger partial charge in [-0.2, -0.15) is 0 Å². The van der Waals surface area contributed by atoms with E-state index in [0.717, 1.165) is 6.42 Å².